The first-order chi connectivity index (χ1) is 9.24. The average molecular weight is 264 g/mol. The number of hydrogen-bond donors (Lipinski definition) is 0. The topological polar surface area (TPSA) is 44.8 Å². The molecule has 1 saturated heterocycles. The number of Topliss-reactive ketones (excluding diaryl/α,β-unsaturated/α-hetero) is 1. The molecule has 0 aromatic heterocycles. The minimum atomic E-state index is -0.0309. The third kappa shape index (κ3) is 5.11. The van der Waals surface area contributed by atoms with E-state index >= 15 is 0 Å². The molecule has 0 spiro atoms. The molecule has 1 aliphatic heterocycles. The molecule has 0 unspecified atom stereocenters. The second-order valence-corrected chi connectivity index (χ2v) is 4.84. The van der Waals surface area contributed by atoms with Crippen molar-refractivity contribution in [3.8, 4) is 0 Å². The van der Waals surface area contributed by atoms with Gasteiger partial charge in [-0.15, -0.1) is 0 Å². The largest absolute Gasteiger partial charge is 0.374 e. The van der Waals surface area contributed by atoms with Crippen LogP contribution in [0.3, 0.4) is 0 Å². The number of benzene rings is 1. The van der Waals surface area contributed by atoms with Crippen LogP contribution in [0.5, 0.6) is 0 Å². The van der Waals surface area contributed by atoms with Crippen molar-refractivity contribution in [1.29, 1.82) is 0 Å². The third-order valence-corrected chi connectivity index (χ3v) is 3.06. The van der Waals surface area contributed by atoms with Crippen LogP contribution in [-0.4, -0.2) is 31.4 Å². The highest BCUT2D eigenvalue weighted by Crippen LogP contribution is 2.17. The van der Waals surface area contributed by atoms with Crippen LogP contribution in [0.15, 0.2) is 30.3 Å². The van der Waals surface area contributed by atoms with Crippen molar-refractivity contribution in [2.45, 2.75) is 38.6 Å². The predicted octanol–water partition coefficient (Wildman–Crippen LogP) is 2.31. The highest BCUT2D eigenvalue weighted by atomic mass is 16.7. The Balaban J connectivity index is 1.69. The number of ketones is 1. The summed E-state index contributed by atoms with van der Waals surface area (Å²) in [4.78, 5) is 11.1. The lowest BCUT2D eigenvalue weighted by Gasteiger charge is -2.29. The van der Waals surface area contributed by atoms with E-state index in [1.807, 2.05) is 30.3 Å². The second kappa shape index (κ2) is 7.38. The molecule has 104 valence electrons. The van der Waals surface area contributed by atoms with Gasteiger partial charge in [-0.1, -0.05) is 30.3 Å². The molecule has 1 aromatic carbocycles. The molecule has 1 aromatic rings. The number of carbonyl (C=O) groups excluding carboxylic acids is 1. The molecule has 4 nitrogen and oxygen atoms in total. The number of carbonyl (C=O) groups is 1. The molecule has 19 heavy (non-hydrogen) atoms. The molecule has 4 heteroatoms. The van der Waals surface area contributed by atoms with Crippen LogP contribution in [0.2, 0.25) is 0 Å². The zero-order valence-electron chi connectivity index (χ0n) is 11.2. The van der Waals surface area contributed by atoms with Gasteiger partial charge in [0.2, 0.25) is 0 Å². The van der Waals surface area contributed by atoms with E-state index in [1.54, 1.807) is 6.92 Å². The van der Waals surface area contributed by atoms with Gasteiger partial charge in [-0.3, -0.25) is 4.79 Å². The molecule has 2 rings (SSSR count). The highest BCUT2D eigenvalue weighted by Gasteiger charge is 2.24. The van der Waals surface area contributed by atoms with E-state index in [9.17, 15) is 4.79 Å². The highest BCUT2D eigenvalue weighted by molar-refractivity contribution is 5.75. The monoisotopic (exact) mass is 264 g/mol. The number of rotatable bonds is 6. The lowest BCUT2D eigenvalue weighted by Crippen LogP contribution is -2.35. The Labute approximate surface area is 113 Å². The van der Waals surface area contributed by atoms with Crippen LogP contribution in [0.4, 0.5) is 0 Å². The van der Waals surface area contributed by atoms with E-state index in [4.69, 9.17) is 14.2 Å². The van der Waals surface area contributed by atoms with Crippen molar-refractivity contribution in [2.75, 3.05) is 13.4 Å². The van der Waals surface area contributed by atoms with Crippen molar-refractivity contribution >= 4 is 5.78 Å². The maximum absolute atomic E-state index is 11.1. The van der Waals surface area contributed by atoms with E-state index in [-0.39, 0.29) is 24.8 Å². The maximum atomic E-state index is 11.1. The van der Waals surface area contributed by atoms with E-state index < -0.39 is 0 Å². The van der Waals surface area contributed by atoms with Crippen LogP contribution >= 0.6 is 0 Å². The van der Waals surface area contributed by atoms with E-state index in [1.165, 1.54) is 0 Å². The fourth-order valence-electron chi connectivity index (χ4n) is 2.12. The Morgan fingerprint density at radius 3 is 2.74 bits per heavy atom. The van der Waals surface area contributed by atoms with Crippen molar-refractivity contribution in [3.63, 3.8) is 0 Å². The summed E-state index contributed by atoms with van der Waals surface area (Å²) in [6, 6.07) is 10.0. The van der Waals surface area contributed by atoms with Crippen molar-refractivity contribution in [1.82, 2.24) is 0 Å². The smallest absolute Gasteiger partial charge is 0.147 e. The third-order valence-electron chi connectivity index (χ3n) is 3.06. The summed E-state index contributed by atoms with van der Waals surface area (Å²) in [6.45, 7) is 2.95. The summed E-state index contributed by atoms with van der Waals surface area (Å²) in [5.74, 6) is 0.149. The van der Waals surface area contributed by atoms with Crippen molar-refractivity contribution in [3.05, 3.63) is 35.9 Å². The molecule has 0 N–H and O–H groups in total. The summed E-state index contributed by atoms with van der Waals surface area (Å²) in [7, 11) is 0. The lowest BCUT2D eigenvalue weighted by molar-refractivity contribution is -0.190. The van der Waals surface area contributed by atoms with Gasteiger partial charge in [0, 0.05) is 12.8 Å². The van der Waals surface area contributed by atoms with Gasteiger partial charge in [0.05, 0.1) is 25.4 Å². The van der Waals surface area contributed by atoms with Gasteiger partial charge in [-0.05, 0) is 12.5 Å². The number of hydrogen-bond acceptors (Lipinski definition) is 4. The first-order valence-corrected chi connectivity index (χ1v) is 6.58. The first kappa shape index (κ1) is 14.2. The fourth-order valence-corrected chi connectivity index (χ4v) is 2.12. The average Bonchev–Trinajstić information content (AvgIpc) is 2.40. The van der Waals surface area contributed by atoms with Gasteiger partial charge < -0.3 is 14.2 Å². The minimum absolute atomic E-state index is 0.0156. The summed E-state index contributed by atoms with van der Waals surface area (Å²) in [5.41, 5.74) is 1.15. The normalized spacial score (nSPS) is 23.2. The van der Waals surface area contributed by atoms with Crippen LogP contribution < -0.4 is 0 Å². The minimum Gasteiger partial charge on any atom is -0.374 e. The van der Waals surface area contributed by atoms with E-state index in [2.05, 4.69) is 0 Å². The van der Waals surface area contributed by atoms with Gasteiger partial charge in [0.1, 0.15) is 12.6 Å². The molecule has 1 heterocycles. The van der Waals surface area contributed by atoms with Gasteiger partial charge in [0.15, 0.2) is 0 Å². The van der Waals surface area contributed by atoms with Crippen LogP contribution in [0.25, 0.3) is 0 Å². The molecule has 0 radical (unpaired) electrons. The quantitative estimate of drug-likeness (QED) is 0.791. The van der Waals surface area contributed by atoms with Gasteiger partial charge in [0.25, 0.3) is 0 Å². The SMILES string of the molecule is CC(=O)C[C@@H]1C[C@H](COCc2ccccc2)OCO1. The Morgan fingerprint density at radius 1 is 1.26 bits per heavy atom. The van der Waals surface area contributed by atoms with Crippen LogP contribution in [-0.2, 0) is 25.6 Å². The van der Waals surface area contributed by atoms with Gasteiger partial charge >= 0.3 is 0 Å². The zero-order chi connectivity index (χ0) is 13.5. The maximum Gasteiger partial charge on any atom is 0.147 e. The Morgan fingerprint density at radius 2 is 2.00 bits per heavy atom. The van der Waals surface area contributed by atoms with Crippen LogP contribution in [0, 0.1) is 0 Å². The summed E-state index contributed by atoms with van der Waals surface area (Å²) < 4.78 is 16.5. The summed E-state index contributed by atoms with van der Waals surface area (Å²) >= 11 is 0. The van der Waals surface area contributed by atoms with Crippen LogP contribution in [0.1, 0.15) is 25.3 Å². The molecule has 0 bridgehead atoms. The van der Waals surface area contributed by atoms with E-state index in [0.717, 1.165) is 5.56 Å². The molecule has 1 fully saturated rings. The molecule has 0 saturated carbocycles. The second-order valence-electron chi connectivity index (χ2n) is 4.84. The molecule has 0 amide bonds. The first-order valence-electron chi connectivity index (χ1n) is 6.58. The molecule has 2 atom stereocenters. The predicted molar refractivity (Wildman–Crippen MR) is 70.6 cm³/mol. The standard InChI is InChI=1S/C15H20O4/c1-12(16)7-14-8-15(19-11-18-14)10-17-9-13-5-3-2-4-6-13/h2-6,14-15H,7-11H2,1H3/t14-,15-/m1/s1. The van der Waals surface area contributed by atoms with Gasteiger partial charge in [-0.25, -0.2) is 0 Å². The van der Waals surface area contributed by atoms with Crippen molar-refractivity contribution < 1.29 is 19.0 Å². The Kier molecular flexibility index (Phi) is 5.51. The molecular formula is C15H20O4. The molecule has 0 aliphatic carbocycles. The fraction of sp³-hybridized carbons (Fsp3) is 0.533. The Bertz CT molecular complexity index is 390. The van der Waals surface area contributed by atoms with Crippen molar-refractivity contribution in [2.24, 2.45) is 0 Å². The summed E-state index contributed by atoms with van der Waals surface area (Å²) in [6.07, 6.45) is 1.16. The lowest BCUT2D eigenvalue weighted by atomic mass is 10.1. The molecular weight excluding hydrogens is 244 g/mol. The number of ether oxygens (including phenoxy) is 3. The van der Waals surface area contributed by atoms with Gasteiger partial charge in [-0.2, -0.15) is 0 Å². The Hall–Kier alpha value is -1.23. The molecule has 1 aliphatic rings. The summed E-state index contributed by atoms with van der Waals surface area (Å²) in [5, 5.41) is 0. The van der Waals surface area contributed by atoms with E-state index in [0.29, 0.717) is 26.1 Å². The zero-order valence-corrected chi connectivity index (χ0v) is 11.2.